The number of anilines is 1. The zero-order valence-corrected chi connectivity index (χ0v) is 17.2. The molecule has 0 spiro atoms. The van der Waals surface area contributed by atoms with E-state index in [1.807, 2.05) is 18.2 Å². The van der Waals surface area contributed by atoms with Crippen molar-refractivity contribution in [1.29, 1.82) is 0 Å². The molecule has 0 radical (unpaired) electrons. The van der Waals surface area contributed by atoms with Crippen LogP contribution in [0.3, 0.4) is 0 Å². The fourth-order valence-corrected chi connectivity index (χ4v) is 3.32. The van der Waals surface area contributed by atoms with Gasteiger partial charge in [0.25, 0.3) is 0 Å². The van der Waals surface area contributed by atoms with Crippen LogP contribution in [0.25, 0.3) is 0 Å². The smallest absolute Gasteiger partial charge is 0.195 e. The zero-order chi connectivity index (χ0) is 17.1. The number of ether oxygens (including phenoxy) is 2. The molecule has 2 aromatic rings. The lowest BCUT2D eigenvalue weighted by Gasteiger charge is -2.30. The minimum atomic E-state index is 0. The largest absolute Gasteiger partial charge is 0.490 e. The van der Waals surface area contributed by atoms with Gasteiger partial charge in [0.15, 0.2) is 17.5 Å². The molecule has 1 aliphatic heterocycles. The summed E-state index contributed by atoms with van der Waals surface area (Å²) in [5, 5.41) is 6.75. The molecule has 0 saturated heterocycles. The van der Waals surface area contributed by atoms with Crippen LogP contribution >= 0.6 is 24.0 Å². The highest BCUT2D eigenvalue weighted by Gasteiger charge is 2.25. The second-order valence-electron chi connectivity index (χ2n) is 6.39. The number of aliphatic imine (C=N–C) groups is 1. The van der Waals surface area contributed by atoms with Crippen molar-refractivity contribution in [3.8, 4) is 11.5 Å². The lowest BCUT2D eigenvalue weighted by molar-refractivity contribution is 0.297. The standard InChI is InChI=1S/C20H23N3O2.HI/c1-21-20(22-13-15-11-14-5-2-3-6-17(14)15)23-16-7-8-18-19(12-16)25-10-4-9-24-18;/h2-3,5-8,12,15H,4,9-11,13H2,1H3,(H2,21,22,23);1H. The number of hydrogen-bond donors (Lipinski definition) is 2. The number of nitrogens with one attached hydrogen (secondary N) is 2. The van der Waals surface area contributed by atoms with Crippen molar-refractivity contribution in [1.82, 2.24) is 5.32 Å². The van der Waals surface area contributed by atoms with Crippen molar-refractivity contribution < 1.29 is 9.47 Å². The molecule has 1 unspecified atom stereocenters. The summed E-state index contributed by atoms with van der Waals surface area (Å²) < 4.78 is 11.4. The van der Waals surface area contributed by atoms with E-state index < -0.39 is 0 Å². The Kier molecular flexibility index (Phi) is 6.24. The van der Waals surface area contributed by atoms with E-state index in [1.165, 1.54) is 11.1 Å². The number of halogens is 1. The lowest BCUT2D eigenvalue weighted by Crippen LogP contribution is -2.37. The van der Waals surface area contributed by atoms with E-state index in [0.717, 1.165) is 42.5 Å². The van der Waals surface area contributed by atoms with Gasteiger partial charge in [0.05, 0.1) is 13.2 Å². The average molecular weight is 465 g/mol. The van der Waals surface area contributed by atoms with E-state index >= 15 is 0 Å². The van der Waals surface area contributed by atoms with Gasteiger partial charge in [0, 0.05) is 37.7 Å². The van der Waals surface area contributed by atoms with E-state index in [-0.39, 0.29) is 24.0 Å². The SMILES string of the molecule is CN=C(NCC1Cc2ccccc21)Nc1ccc2c(c1)OCCCO2.I. The summed E-state index contributed by atoms with van der Waals surface area (Å²) in [5.41, 5.74) is 3.84. The van der Waals surface area contributed by atoms with Crippen molar-refractivity contribution >= 4 is 35.6 Å². The topological polar surface area (TPSA) is 54.9 Å². The second-order valence-corrected chi connectivity index (χ2v) is 6.39. The van der Waals surface area contributed by atoms with Gasteiger partial charge in [-0.05, 0) is 29.7 Å². The number of nitrogens with zero attached hydrogens (tertiary/aromatic N) is 1. The lowest BCUT2D eigenvalue weighted by atomic mass is 9.78. The number of fused-ring (bicyclic) bond motifs is 2. The van der Waals surface area contributed by atoms with Gasteiger partial charge in [0.1, 0.15) is 0 Å². The minimum Gasteiger partial charge on any atom is -0.490 e. The molecule has 0 bridgehead atoms. The normalized spacial score (nSPS) is 17.9. The van der Waals surface area contributed by atoms with Crippen molar-refractivity contribution in [3.63, 3.8) is 0 Å². The van der Waals surface area contributed by atoms with E-state index in [2.05, 4.69) is 39.9 Å². The van der Waals surface area contributed by atoms with Gasteiger partial charge in [0.2, 0.25) is 0 Å². The maximum atomic E-state index is 5.74. The molecular formula is C20H24IN3O2. The highest BCUT2D eigenvalue weighted by atomic mass is 127. The molecule has 0 amide bonds. The summed E-state index contributed by atoms with van der Waals surface area (Å²) in [6.45, 7) is 2.26. The zero-order valence-electron chi connectivity index (χ0n) is 14.8. The Hall–Kier alpha value is -1.96. The van der Waals surface area contributed by atoms with Crippen molar-refractivity contribution in [2.24, 2.45) is 4.99 Å². The predicted molar refractivity (Wildman–Crippen MR) is 115 cm³/mol. The van der Waals surface area contributed by atoms with Gasteiger partial charge in [-0.25, -0.2) is 0 Å². The Morgan fingerprint density at radius 3 is 2.73 bits per heavy atom. The van der Waals surface area contributed by atoms with Crippen LogP contribution in [0.4, 0.5) is 5.69 Å². The highest BCUT2D eigenvalue weighted by Crippen LogP contribution is 2.34. The molecule has 5 nitrogen and oxygen atoms in total. The van der Waals surface area contributed by atoms with Crippen molar-refractivity contribution in [2.45, 2.75) is 18.8 Å². The number of rotatable bonds is 3. The molecule has 0 fully saturated rings. The van der Waals surface area contributed by atoms with Crippen LogP contribution in [0.2, 0.25) is 0 Å². The molecule has 4 rings (SSSR count). The first-order chi connectivity index (χ1) is 12.3. The summed E-state index contributed by atoms with van der Waals surface area (Å²) in [6.07, 6.45) is 2.04. The van der Waals surface area contributed by atoms with Gasteiger partial charge in [-0.15, -0.1) is 24.0 Å². The van der Waals surface area contributed by atoms with Crippen LogP contribution in [0.15, 0.2) is 47.5 Å². The van der Waals surface area contributed by atoms with Crippen LogP contribution in [0.1, 0.15) is 23.5 Å². The Morgan fingerprint density at radius 1 is 1.12 bits per heavy atom. The summed E-state index contributed by atoms with van der Waals surface area (Å²) in [4.78, 5) is 4.32. The Bertz CT molecular complexity index is 794. The second kappa shape index (κ2) is 8.62. The van der Waals surface area contributed by atoms with Crippen LogP contribution in [-0.4, -0.2) is 32.8 Å². The molecule has 0 aromatic heterocycles. The number of guanidine groups is 1. The van der Waals surface area contributed by atoms with Crippen LogP contribution in [0.5, 0.6) is 11.5 Å². The maximum absolute atomic E-state index is 5.74. The number of hydrogen-bond acceptors (Lipinski definition) is 3. The predicted octanol–water partition coefficient (Wildman–Crippen LogP) is 3.79. The monoisotopic (exact) mass is 465 g/mol. The maximum Gasteiger partial charge on any atom is 0.195 e. The van der Waals surface area contributed by atoms with Crippen molar-refractivity contribution in [3.05, 3.63) is 53.6 Å². The van der Waals surface area contributed by atoms with Crippen LogP contribution in [0, 0.1) is 0 Å². The van der Waals surface area contributed by atoms with Crippen LogP contribution < -0.4 is 20.1 Å². The van der Waals surface area contributed by atoms with Crippen molar-refractivity contribution in [2.75, 3.05) is 32.1 Å². The average Bonchev–Trinajstić information content (AvgIpc) is 2.86. The molecule has 6 heteroatoms. The molecular weight excluding hydrogens is 441 g/mol. The number of benzene rings is 2. The third kappa shape index (κ3) is 4.06. The first-order valence-corrected chi connectivity index (χ1v) is 8.78. The Morgan fingerprint density at radius 2 is 1.92 bits per heavy atom. The molecule has 2 aromatic carbocycles. The van der Waals surface area contributed by atoms with Gasteiger partial charge >= 0.3 is 0 Å². The Balaban J connectivity index is 0.00000196. The van der Waals surface area contributed by atoms with E-state index in [9.17, 15) is 0 Å². The van der Waals surface area contributed by atoms with Crippen LogP contribution in [-0.2, 0) is 6.42 Å². The molecule has 0 saturated carbocycles. The highest BCUT2D eigenvalue weighted by molar-refractivity contribution is 14.0. The minimum absolute atomic E-state index is 0. The quantitative estimate of drug-likeness (QED) is 0.412. The molecule has 138 valence electrons. The summed E-state index contributed by atoms with van der Waals surface area (Å²) >= 11 is 0. The molecule has 1 aliphatic carbocycles. The van der Waals surface area contributed by atoms with E-state index in [1.54, 1.807) is 7.05 Å². The third-order valence-electron chi connectivity index (χ3n) is 4.71. The molecule has 26 heavy (non-hydrogen) atoms. The van der Waals surface area contributed by atoms with Gasteiger partial charge in [-0.1, -0.05) is 24.3 Å². The first-order valence-electron chi connectivity index (χ1n) is 8.78. The summed E-state index contributed by atoms with van der Waals surface area (Å²) in [6, 6.07) is 14.5. The fourth-order valence-electron chi connectivity index (χ4n) is 3.32. The molecule has 2 aliphatic rings. The molecule has 1 heterocycles. The molecule has 1 atom stereocenters. The van der Waals surface area contributed by atoms with E-state index in [0.29, 0.717) is 19.1 Å². The Labute approximate surface area is 171 Å². The molecule has 2 N–H and O–H groups in total. The fraction of sp³-hybridized carbons (Fsp3) is 0.350. The third-order valence-corrected chi connectivity index (χ3v) is 4.71. The summed E-state index contributed by atoms with van der Waals surface area (Å²) in [5.74, 6) is 2.90. The van der Waals surface area contributed by atoms with Gasteiger partial charge in [-0.3, -0.25) is 4.99 Å². The van der Waals surface area contributed by atoms with Gasteiger partial charge < -0.3 is 20.1 Å². The van der Waals surface area contributed by atoms with E-state index in [4.69, 9.17) is 9.47 Å². The first kappa shape index (κ1) is 18.8. The summed E-state index contributed by atoms with van der Waals surface area (Å²) in [7, 11) is 1.78. The van der Waals surface area contributed by atoms with Gasteiger partial charge in [-0.2, -0.15) is 0 Å².